The molecule has 0 spiro atoms. The average Bonchev–Trinajstić information content (AvgIpc) is 2.06. The first-order valence-corrected chi connectivity index (χ1v) is 4.57. The zero-order valence-corrected chi connectivity index (χ0v) is 8.15. The summed E-state index contributed by atoms with van der Waals surface area (Å²) < 4.78 is 0. The van der Waals surface area contributed by atoms with Gasteiger partial charge in [0.05, 0.1) is 0 Å². The molecule has 0 amide bonds. The molecule has 0 fully saturated rings. The minimum atomic E-state index is 0.770. The van der Waals surface area contributed by atoms with Crippen molar-refractivity contribution in [2.24, 2.45) is 0 Å². The van der Waals surface area contributed by atoms with Gasteiger partial charge >= 0.3 is 0 Å². The van der Waals surface area contributed by atoms with Gasteiger partial charge in [0, 0.05) is 22.9 Å². The van der Waals surface area contributed by atoms with Crippen molar-refractivity contribution in [3.05, 3.63) is 46.5 Å². The fourth-order valence-electron chi connectivity index (χ4n) is 0.842. The van der Waals surface area contributed by atoms with Gasteiger partial charge in [-0.3, -0.25) is 0 Å². The van der Waals surface area contributed by atoms with E-state index < -0.39 is 0 Å². The fourth-order valence-corrected chi connectivity index (χ4v) is 1.17. The van der Waals surface area contributed by atoms with E-state index in [1.54, 1.807) is 0 Å². The van der Waals surface area contributed by atoms with E-state index in [0.717, 1.165) is 22.9 Å². The van der Waals surface area contributed by atoms with Crippen LogP contribution in [-0.2, 0) is 0 Å². The van der Waals surface area contributed by atoms with Crippen LogP contribution in [0.1, 0.15) is 12.8 Å². The highest BCUT2D eigenvalue weighted by Gasteiger charge is 1.89. The van der Waals surface area contributed by atoms with Gasteiger partial charge in [0.15, 0.2) is 0 Å². The maximum absolute atomic E-state index is 5.86. The first-order chi connectivity index (χ1) is 5.79. The van der Waals surface area contributed by atoms with Gasteiger partial charge in [-0.1, -0.05) is 47.5 Å². The normalized spacial score (nSPS) is 18.5. The lowest BCUT2D eigenvalue weighted by atomic mass is 10.2. The van der Waals surface area contributed by atoms with Gasteiger partial charge in [0.1, 0.15) is 0 Å². The third-order valence-corrected chi connectivity index (χ3v) is 2.01. The van der Waals surface area contributed by atoms with E-state index in [9.17, 15) is 0 Å². The van der Waals surface area contributed by atoms with Crippen LogP contribution in [-0.4, -0.2) is 0 Å². The first kappa shape index (κ1) is 9.63. The van der Waals surface area contributed by atoms with Gasteiger partial charge < -0.3 is 0 Å². The molecule has 0 unspecified atom stereocenters. The average molecular weight is 201 g/mol. The lowest BCUT2D eigenvalue weighted by Crippen LogP contribution is -1.72. The molecule has 1 aliphatic rings. The van der Waals surface area contributed by atoms with Crippen LogP contribution in [0.2, 0.25) is 0 Å². The van der Waals surface area contributed by atoms with Crippen LogP contribution in [0.15, 0.2) is 46.5 Å². The third kappa shape index (κ3) is 3.80. The fraction of sp³-hybridized carbons (Fsp3) is 0.200. The summed E-state index contributed by atoms with van der Waals surface area (Å²) in [5.74, 6) is 0. The summed E-state index contributed by atoms with van der Waals surface area (Å²) in [6.45, 7) is 0. The minimum Gasteiger partial charge on any atom is -0.0888 e. The molecular formula is C10H10Cl2. The van der Waals surface area contributed by atoms with Gasteiger partial charge in [-0.05, 0) is 12.2 Å². The Bertz CT molecular complexity index is 229. The maximum atomic E-state index is 5.86. The Hall–Kier alpha value is -0.460. The predicted octanol–water partition coefficient (Wildman–Crippen LogP) is 4.14. The monoisotopic (exact) mass is 200 g/mol. The topological polar surface area (TPSA) is 0 Å². The smallest absolute Gasteiger partial charge is 0.0218 e. The summed E-state index contributed by atoms with van der Waals surface area (Å²) in [6, 6.07) is 0. The van der Waals surface area contributed by atoms with Crippen LogP contribution >= 0.6 is 23.2 Å². The van der Waals surface area contributed by atoms with Crippen molar-refractivity contribution in [1.82, 2.24) is 0 Å². The van der Waals surface area contributed by atoms with E-state index in [-0.39, 0.29) is 0 Å². The molecule has 0 nitrogen and oxygen atoms in total. The van der Waals surface area contributed by atoms with E-state index in [1.165, 1.54) is 0 Å². The molecule has 0 N–H and O–H groups in total. The highest BCUT2D eigenvalue weighted by Crippen LogP contribution is 2.13. The molecule has 1 rings (SSSR count). The first-order valence-electron chi connectivity index (χ1n) is 3.81. The van der Waals surface area contributed by atoms with E-state index in [1.807, 2.05) is 36.5 Å². The zero-order valence-electron chi connectivity index (χ0n) is 6.63. The lowest BCUT2D eigenvalue weighted by Gasteiger charge is -1.93. The Morgan fingerprint density at radius 3 is 1.67 bits per heavy atom. The van der Waals surface area contributed by atoms with Crippen LogP contribution < -0.4 is 0 Å². The van der Waals surface area contributed by atoms with Crippen LogP contribution in [0.3, 0.4) is 0 Å². The lowest BCUT2D eigenvalue weighted by molar-refractivity contribution is 1.31. The molecule has 0 saturated heterocycles. The number of hydrogen-bond acceptors (Lipinski definition) is 0. The summed E-state index contributed by atoms with van der Waals surface area (Å²) >= 11 is 11.7. The molecule has 0 atom stereocenters. The molecule has 0 heterocycles. The Balaban J connectivity index is 2.70. The number of hydrogen-bond donors (Lipinski definition) is 0. The molecule has 12 heavy (non-hydrogen) atoms. The van der Waals surface area contributed by atoms with Crippen molar-refractivity contribution >= 4 is 23.2 Å². The molecule has 0 aromatic heterocycles. The van der Waals surface area contributed by atoms with E-state index >= 15 is 0 Å². The maximum Gasteiger partial charge on any atom is 0.0218 e. The second kappa shape index (κ2) is 5.23. The molecule has 64 valence electrons. The van der Waals surface area contributed by atoms with Crippen LogP contribution in [0, 0.1) is 0 Å². The summed E-state index contributed by atoms with van der Waals surface area (Å²) in [7, 11) is 0. The Morgan fingerprint density at radius 1 is 0.833 bits per heavy atom. The zero-order chi connectivity index (χ0) is 8.81. The summed E-state index contributed by atoms with van der Waals surface area (Å²) in [5, 5.41) is 1.68. The van der Waals surface area contributed by atoms with Crippen molar-refractivity contribution in [2.45, 2.75) is 12.8 Å². The number of rotatable bonds is 0. The van der Waals surface area contributed by atoms with Crippen LogP contribution in [0.5, 0.6) is 0 Å². The van der Waals surface area contributed by atoms with Crippen molar-refractivity contribution < 1.29 is 0 Å². The second-order valence-corrected chi connectivity index (χ2v) is 3.46. The van der Waals surface area contributed by atoms with E-state index in [2.05, 4.69) is 0 Å². The second-order valence-electron chi connectivity index (χ2n) is 2.49. The van der Waals surface area contributed by atoms with Crippen molar-refractivity contribution in [2.75, 3.05) is 0 Å². The molecule has 0 radical (unpaired) electrons. The van der Waals surface area contributed by atoms with Crippen LogP contribution in [0.4, 0.5) is 0 Å². The summed E-state index contributed by atoms with van der Waals surface area (Å²) in [5.41, 5.74) is 0. The highest BCUT2D eigenvalue weighted by atomic mass is 35.5. The van der Waals surface area contributed by atoms with Gasteiger partial charge in [-0.2, -0.15) is 0 Å². The number of halogens is 2. The molecule has 0 aromatic rings. The molecule has 2 heteroatoms. The minimum absolute atomic E-state index is 0.770. The quantitative estimate of drug-likeness (QED) is 0.552. The van der Waals surface area contributed by atoms with Gasteiger partial charge in [0.25, 0.3) is 0 Å². The molecule has 1 aliphatic carbocycles. The number of allylic oxidation sites excluding steroid dienone is 8. The molecule has 0 aromatic carbocycles. The third-order valence-electron chi connectivity index (χ3n) is 1.45. The van der Waals surface area contributed by atoms with Crippen molar-refractivity contribution in [3.63, 3.8) is 0 Å². The van der Waals surface area contributed by atoms with Crippen molar-refractivity contribution in [1.29, 1.82) is 0 Å². The predicted molar refractivity (Wildman–Crippen MR) is 55.4 cm³/mol. The van der Waals surface area contributed by atoms with E-state index in [4.69, 9.17) is 23.2 Å². The SMILES string of the molecule is ClC1=CC=CCC(Cl)=CC=CC1. The van der Waals surface area contributed by atoms with Crippen molar-refractivity contribution in [3.8, 4) is 0 Å². The van der Waals surface area contributed by atoms with Gasteiger partial charge in [0.2, 0.25) is 0 Å². The largest absolute Gasteiger partial charge is 0.0888 e. The highest BCUT2D eigenvalue weighted by molar-refractivity contribution is 6.30. The molecule has 0 saturated carbocycles. The van der Waals surface area contributed by atoms with E-state index in [0.29, 0.717) is 0 Å². The molecule has 0 bridgehead atoms. The summed E-state index contributed by atoms with van der Waals surface area (Å²) in [6.07, 6.45) is 13.2. The summed E-state index contributed by atoms with van der Waals surface area (Å²) in [4.78, 5) is 0. The Labute approximate surface area is 82.9 Å². The standard InChI is InChI=1S/C10H10Cl2/c11-9-5-1-2-6-10(12)8-4-3-7-9/h1-5,8H,6-7H2. The van der Waals surface area contributed by atoms with Gasteiger partial charge in [-0.15, -0.1) is 0 Å². The van der Waals surface area contributed by atoms with Crippen LogP contribution in [0.25, 0.3) is 0 Å². The molecule has 0 aliphatic heterocycles. The Kier molecular flexibility index (Phi) is 4.20. The Morgan fingerprint density at radius 2 is 1.25 bits per heavy atom. The molecular weight excluding hydrogens is 191 g/mol. The van der Waals surface area contributed by atoms with Gasteiger partial charge in [-0.25, -0.2) is 0 Å².